The van der Waals surface area contributed by atoms with E-state index in [1.165, 1.54) is 0 Å². The van der Waals surface area contributed by atoms with Crippen LogP contribution in [0.5, 0.6) is 0 Å². The second kappa shape index (κ2) is 5.70. The summed E-state index contributed by atoms with van der Waals surface area (Å²) in [6.45, 7) is 4.07. The van der Waals surface area contributed by atoms with Gasteiger partial charge in [0, 0.05) is 28.4 Å². The van der Waals surface area contributed by atoms with Gasteiger partial charge in [0.25, 0.3) is 0 Å². The van der Waals surface area contributed by atoms with Gasteiger partial charge in [-0.05, 0) is 13.3 Å². The Morgan fingerprint density at radius 1 is 1.67 bits per heavy atom. The fourth-order valence-corrected chi connectivity index (χ4v) is 0. The number of rotatable bonds is 1. The van der Waals surface area contributed by atoms with E-state index in [9.17, 15) is 0 Å². The first kappa shape index (κ1) is 9.85. The van der Waals surface area contributed by atoms with Gasteiger partial charge in [-0.3, -0.25) is 0 Å². The minimum atomic E-state index is 0. The van der Waals surface area contributed by atoms with Crippen molar-refractivity contribution in [3.8, 4) is 0 Å². The van der Waals surface area contributed by atoms with Gasteiger partial charge in [-0.15, -0.1) is 0 Å². The van der Waals surface area contributed by atoms with Crippen LogP contribution in [0.2, 0.25) is 0 Å². The zero-order chi connectivity index (χ0) is 4.28. The molecule has 0 heterocycles. The molecule has 0 aromatic heterocycles. The summed E-state index contributed by atoms with van der Waals surface area (Å²) in [6.07, 6.45) is 1.08. The first-order valence-electron chi connectivity index (χ1n) is 2.03. The molecule has 0 aromatic rings. The normalized spacial score (nSPS) is 12.5. The van der Waals surface area contributed by atoms with Crippen LogP contribution in [0.4, 0.5) is 0 Å². The zero-order valence-electron chi connectivity index (χ0n) is 4.16. The second-order valence-electron chi connectivity index (χ2n) is 1.39. The molecule has 0 fully saturated rings. The molecule has 6 heavy (non-hydrogen) atoms. The molecule has 2 N–H and O–H groups in total. The van der Waals surface area contributed by atoms with E-state index in [0.717, 1.165) is 6.42 Å². The van der Waals surface area contributed by atoms with Crippen molar-refractivity contribution < 1.29 is 22.4 Å². The molecule has 0 saturated heterocycles. The van der Waals surface area contributed by atoms with Crippen LogP contribution in [0.15, 0.2) is 0 Å². The first-order valence-corrected chi connectivity index (χ1v) is 2.03. The van der Waals surface area contributed by atoms with Crippen LogP contribution in [-0.4, -0.2) is 6.04 Å². The van der Waals surface area contributed by atoms with Crippen LogP contribution in [0.3, 0.4) is 0 Å². The Bertz CT molecular complexity index is 21.5. The van der Waals surface area contributed by atoms with E-state index in [4.69, 9.17) is 5.73 Å². The van der Waals surface area contributed by atoms with Crippen molar-refractivity contribution in [1.29, 1.82) is 0 Å². The Kier molecular flexibility index (Phi) is 9.36. The molecule has 0 aliphatic rings. The zero-order valence-corrected chi connectivity index (χ0v) is 5.65. The topological polar surface area (TPSA) is 26.0 Å². The maximum absolute atomic E-state index is 5.29. The molecule has 43 valence electrons. The maximum Gasteiger partial charge on any atom is 0.000781 e. The van der Waals surface area contributed by atoms with Gasteiger partial charge in [0.1, 0.15) is 0 Å². The predicted octanol–water partition coefficient (Wildman–Crippen LogP) is 0.741. The van der Waals surface area contributed by atoms with Crippen molar-refractivity contribution in [3.05, 3.63) is 0 Å². The van der Waals surface area contributed by atoms with Gasteiger partial charge in [0.05, 0.1) is 0 Å². The molecule has 0 rings (SSSR count). The minimum absolute atomic E-state index is 0. The van der Waals surface area contributed by atoms with Crippen LogP contribution in [0.25, 0.3) is 0 Å². The third-order valence-electron chi connectivity index (χ3n) is 0.644. The van der Waals surface area contributed by atoms with Gasteiger partial charge in [-0.2, -0.15) is 0 Å². The maximum atomic E-state index is 5.29. The van der Waals surface area contributed by atoms with E-state index in [0.29, 0.717) is 6.04 Å². The van der Waals surface area contributed by atoms with Gasteiger partial charge in [0.2, 0.25) is 0 Å². The fraction of sp³-hybridized carbons (Fsp3) is 1.00. The first-order chi connectivity index (χ1) is 2.27. The molecule has 0 saturated carbocycles. The molecule has 2 heteroatoms. The van der Waals surface area contributed by atoms with Gasteiger partial charge in [-0.25, -0.2) is 0 Å². The molecule has 1 atom stereocenters. The van der Waals surface area contributed by atoms with E-state index in [1.807, 2.05) is 6.92 Å². The summed E-state index contributed by atoms with van der Waals surface area (Å²) in [6, 6.07) is 0.384. The van der Waals surface area contributed by atoms with E-state index < -0.39 is 0 Å². The summed E-state index contributed by atoms with van der Waals surface area (Å²) in [4.78, 5) is 0. The van der Waals surface area contributed by atoms with Crippen LogP contribution in [0.1, 0.15) is 20.3 Å². The van der Waals surface area contributed by atoms with Crippen molar-refractivity contribution in [2.45, 2.75) is 26.3 Å². The van der Waals surface area contributed by atoms with Gasteiger partial charge >= 0.3 is 0 Å². The molecule has 0 aliphatic heterocycles. The number of hydrogen-bond donors (Lipinski definition) is 1. The Morgan fingerprint density at radius 3 is 1.83 bits per heavy atom. The summed E-state index contributed by atoms with van der Waals surface area (Å²) in [5, 5.41) is 0. The summed E-state index contributed by atoms with van der Waals surface area (Å²) < 4.78 is 0. The Labute approximate surface area is 54.8 Å². The molecular formula is C4H11AgN. The molecule has 0 aromatic carbocycles. The molecular weight excluding hydrogens is 170 g/mol. The van der Waals surface area contributed by atoms with E-state index in [-0.39, 0.29) is 22.4 Å². The van der Waals surface area contributed by atoms with Crippen molar-refractivity contribution >= 4 is 0 Å². The Morgan fingerprint density at radius 2 is 1.83 bits per heavy atom. The molecule has 0 amide bonds. The summed E-state index contributed by atoms with van der Waals surface area (Å²) in [5.74, 6) is 0. The average Bonchev–Trinajstić information content (AvgIpc) is 1.38. The van der Waals surface area contributed by atoms with Gasteiger partial charge in [-0.1, -0.05) is 6.92 Å². The van der Waals surface area contributed by atoms with Crippen molar-refractivity contribution in [2.75, 3.05) is 0 Å². The number of nitrogens with two attached hydrogens (primary N) is 1. The molecule has 1 unspecified atom stereocenters. The Balaban J connectivity index is 0. The van der Waals surface area contributed by atoms with Crippen LogP contribution >= 0.6 is 0 Å². The Hall–Kier alpha value is 0.700. The molecule has 1 radical (unpaired) electrons. The predicted molar refractivity (Wildman–Crippen MR) is 23.9 cm³/mol. The van der Waals surface area contributed by atoms with Crippen molar-refractivity contribution in [3.63, 3.8) is 0 Å². The SMILES string of the molecule is CCC(C)N.[Ag]. The largest absolute Gasteiger partial charge is 0.328 e. The second-order valence-corrected chi connectivity index (χ2v) is 1.39. The standard InChI is InChI=1S/C4H11N.Ag/c1-3-4(2)5;/h4H,3,5H2,1-2H3;. The third-order valence-corrected chi connectivity index (χ3v) is 0.644. The van der Waals surface area contributed by atoms with Crippen LogP contribution in [-0.2, 0) is 22.4 Å². The van der Waals surface area contributed by atoms with Crippen LogP contribution in [0, 0.1) is 0 Å². The van der Waals surface area contributed by atoms with Gasteiger partial charge in [0.15, 0.2) is 0 Å². The number of hydrogen-bond acceptors (Lipinski definition) is 1. The van der Waals surface area contributed by atoms with E-state index in [2.05, 4.69) is 6.92 Å². The molecule has 0 spiro atoms. The average molecular weight is 181 g/mol. The van der Waals surface area contributed by atoms with Crippen molar-refractivity contribution in [1.82, 2.24) is 0 Å². The van der Waals surface area contributed by atoms with Crippen molar-refractivity contribution in [2.24, 2.45) is 5.73 Å². The third kappa shape index (κ3) is 8.83. The molecule has 0 aliphatic carbocycles. The van der Waals surface area contributed by atoms with E-state index >= 15 is 0 Å². The smallest absolute Gasteiger partial charge is 0.000781 e. The van der Waals surface area contributed by atoms with Gasteiger partial charge < -0.3 is 5.73 Å². The quantitative estimate of drug-likeness (QED) is 0.593. The monoisotopic (exact) mass is 180 g/mol. The molecule has 1 nitrogen and oxygen atoms in total. The fourth-order valence-electron chi connectivity index (χ4n) is 0. The van der Waals surface area contributed by atoms with Crippen LogP contribution < -0.4 is 5.73 Å². The van der Waals surface area contributed by atoms with E-state index in [1.54, 1.807) is 0 Å². The summed E-state index contributed by atoms with van der Waals surface area (Å²) in [7, 11) is 0. The summed E-state index contributed by atoms with van der Waals surface area (Å²) >= 11 is 0. The molecule has 0 bridgehead atoms. The minimum Gasteiger partial charge on any atom is -0.328 e. The summed E-state index contributed by atoms with van der Waals surface area (Å²) in [5.41, 5.74) is 5.29.